The maximum absolute atomic E-state index is 11.8. The third kappa shape index (κ3) is 5.37. The number of benzene rings is 1. The van der Waals surface area contributed by atoms with Crippen molar-refractivity contribution in [1.29, 1.82) is 5.26 Å². The SMILES string of the molecule is N#Cc1ccc(Cl)cc1NC(=O)COC(=O)CNC(=O)c1ccco1. The Morgan fingerprint density at radius 3 is 2.76 bits per heavy atom. The number of nitrogens with zero attached hydrogens (tertiary/aromatic N) is 1. The standard InChI is InChI=1S/C16H12ClN3O5/c17-11-4-3-10(7-18)12(6-11)20-14(21)9-25-15(22)8-19-16(23)13-2-1-5-24-13/h1-6H,8-9H2,(H,19,23)(H,20,21). The summed E-state index contributed by atoms with van der Waals surface area (Å²) in [5.74, 6) is -1.98. The Hall–Kier alpha value is -3.31. The van der Waals surface area contributed by atoms with Crippen molar-refractivity contribution in [2.45, 2.75) is 0 Å². The molecule has 0 atom stereocenters. The molecule has 1 heterocycles. The van der Waals surface area contributed by atoms with E-state index < -0.39 is 30.9 Å². The van der Waals surface area contributed by atoms with Crippen molar-refractivity contribution in [3.63, 3.8) is 0 Å². The van der Waals surface area contributed by atoms with Crippen LogP contribution in [-0.2, 0) is 14.3 Å². The molecule has 2 N–H and O–H groups in total. The van der Waals surface area contributed by atoms with Crippen LogP contribution in [0.3, 0.4) is 0 Å². The number of halogens is 1. The van der Waals surface area contributed by atoms with Crippen LogP contribution in [0.25, 0.3) is 0 Å². The van der Waals surface area contributed by atoms with Gasteiger partial charge in [-0.25, -0.2) is 0 Å². The minimum Gasteiger partial charge on any atom is -0.459 e. The largest absolute Gasteiger partial charge is 0.459 e. The van der Waals surface area contributed by atoms with Crippen LogP contribution in [0.15, 0.2) is 41.0 Å². The molecule has 0 saturated heterocycles. The normalized spacial score (nSPS) is 9.76. The molecule has 0 spiro atoms. The molecule has 0 aliphatic carbocycles. The minimum absolute atomic E-state index is 0.0514. The summed E-state index contributed by atoms with van der Waals surface area (Å²) in [5, 5.41) is 14.0. The van der Waals surface area contributed by atoms with Gasteiger partial charge in [-0.2, -0.15) is 5.26 Å². The van der Waals surface area contributed by atoms with Gasteiger partial charge in [0.25, 0.3) is 11.8 Å². The van der Waals surface area contributed by atoms with Gasteiger partial charge in [0.05, 0.1) is 17.5 Å². The Labute approximate surface area is 147 Å². The molecule has 1 aromatic heterocycles. The first-order valence-electron chi connectivity index (χ1n) is 6.96. The summed E-state index contributed by atoms with van der Waals surface area (Å²) in [5.41, 5.74) is 0.428. The average Bonchev–Trinajstić information content (AvgIpc) is 3.13. The molecule has 1 aromatic carbocycles. The molecule has 0 aliphatic heterocycles. The van der Waals surface area contributed by atoms with E-state index in [4.69, 9.17) is 26.0 Å². The monoisotopic (exact) mass is 361 g/mol. The summed E-state index contributed by atoms with van der Waals surface area (Å²) < 4.78 is 9.59. The first kappa shape index (κ1) is 18.0. The predicted molar refractivity (Wildman–Crippen MR) is 86.8 cm³/mol. The summed E-state index contributed by atoms with van der Waals surface area (Å²) in [6, 6.07) is 9.24. The number of nitrogens with one attached hydrogen (secondary N) is 2. The van der Waals surface area contributed by atoms with E-state index in [0.717, 1.165) is 0 Å². The zero-order chi connectivity index (χ0) is 18.2. The molecular weight excluding hydrogens is 350 g/mol. The fourth-order valence-corrected chi connectivity index (χ4v) is 1.92. The smallest absolute Gasteiger partial charge is 0.325 e. The van der Waals surface area contributed by atoms with Crippen LogP contribution >= 0.6 is 11.6 Å². The topological polar surface area (TPSA) is 121 Å². The molecular formula is C16H12ClN3O5. The second kappa shape index (κ2) is 8.52. The quantitative estimate of drug-likeness (QED) is 0.755. The molecule has 9 heteroatoms. The van der Waals surface area contributed by atoms with Crippen molar-refractivity contribution in [2.75, 3.05) is 18.5 Å². The van der Waals surface area contributed by atoms with E-state index in [0.29, 0.717) is 5.02 Å². The van der Waals surface area contributed by atoms with Gasteiger partial charge in [0.15, 0.2) is 12.4 Å². The minimum atomic E-state index is -0.804. The highest BCUT2D eigenvalue weighted by atomic mass is 35.5. The number of nitriles is 1. The number of furan rings is 1. The Bertz CT molecular complexity index is 827. The van der Waals surface area contributed by atoms with Gasteiger partial charge in [-0.3, -0.25) is 14.4 Å². The van der Waals surface area contributed by atoms with Crippen molar-refractivity contribution in [1.82, 2.24) is 5.32 Å². The lowest BCUT2D eigenvalue weighted by molar-refractivity contribution is -0.146. The lowest BCUT2D eigenvalue weighted by atomic mass is 10.2. The number of amides is 2. The van der Waals surface area contributed by atoms with Crippen molar-refractivity contribution in [3.05, 3.63) is 52.9 Å². The van der Waals surface area contributed by atoms with Gasteiger partial charge in [0.2, 0.25) is 0 Å². The highest BCUT2D eigenvalue weighted by Gasteiger charge is 2.13. The Kier molecular flexibility index (Phi) is 6.14. The first-order valence-corrected chi connectivity index (χ1v) is 7.34. The van der Waals surface area contributed by atoms with E-state index in [2.05, 4.69) is 10.6 Å². The van der Waals surface area contributed by atoms with Crippen molar-refractivity contribution in [2.24, 2.45) is 0 Å². The van der Waals surface area contributed by atoms with E-state index >= 15 is 0 Å². The van der Waals surface area contributed by atoms with Gasteiger partial charge in [-0.05, 0) is 30.3 Å². The molecule has 25 heavy (non-hydrogen) atoms. The van der Waals surface area contributed by atoms with Crippen LogP contribution in [0.5, 0.6) is 0 Å². The molecule has 0 fully saturated rings. The van der Waals surface area contributed by atoms with Gasteiger partial charge < -0.3 is 19.8 Å². The van der Waals surface area contributed by atoms with E-state index in [1.807, 2.05) is 6.07 Å². The number of carbonyl (C=O) groups is 3. The summed E-state index contributed by atoms with van der Waals surface area (Å²) in [6.07, 6.45) is 1.32. The lowest BCUT2D eigenvalue weighted by Crippen LogP contribution is -2.32. The zero-order valence-electron chi connectivity index (χ0n) is 12.7. The Balaban J connectivity index is 1.78. The van der Waals surface area contributed by atoms with Crippen LogP contribution < -0.4 is 10.6 Å². The van der Waals surface area contributed by atoms with Gasteiger partial charge in [-0.1, -0.05) is 11.6 Å². The highest BCUT2D eigenvalue weighted by molar-refractivity contribution is 6.31. The lowest BCUT2D eigenvalue weighted by Gasteiger charge is -2.08. The van der Waals surface area contributed by atoms with E-state index in [-0.39, 0.29) is 17.0 Å². The Morgan fingerprint density at radius 2 is 2.08 bits per heavy atom. The Morgan fingerprint density at radius 1 is 1.28 bits per heavy atom. The van der Waals surface area contributed by atoms with Crippen molar-refractivity contribution >= 4 is 35.1 Å². The van der Waals surface area contributed by atoms with Crippen molar-refractivity contribution < 1.29 is 23.5 Å². The molecule has 0 saturated carbocycles. The number of hydrogen-bond donors (Lipinski definition) is 2. The van der Waals surface area contributed by atoms with Gasteiger partial charge in [-0.15, -0.1) is 0 Å². The van der Waals surface area contributed by atoms with Crippen LogP contribution in [0.2, 0.25) is 5.02 Å². The maximum atomic E-state index is 11.8. The average molecular weight is 362 g/mol. The summed E-state index contributed by atoms with van der Waals surface area (Å²) in [7, 11) is 0. The van der Waals surface area contributed by atoms with Crippen LogP contribution in [0, 0.1) is 11.3 Å². The second-order valence-electron chi connectivity index (χ2n) is 4.67. The number of hydrogen-bond acceptors (Lipinski definition) is 6. The van der Waals surface area contributed by atoms with Crippen LogP contribution in [0.1, 0.15) is 16.1 Å². The number of esters is 1. The van der Waals surface area contributed by atoms with E-state index in [1.165, 1.54) is 36.6 Å². The second-order valence-corrected chi connectivity index (χ2v) is 5.11. The molecule has 2 rings (SSSR count). The van der Waals surface area contributed by atoms with Crippen LogP contribution in [-0.4, -0.2) is 30.9 Å². The fraction of sp³-hybridized carbons (Fsp3) is 0.125. The number of anilines is 1. The third-order valence-electron chi connectivity index (χ3n) is 2.88. The molecule has 2 amide bonds. The molecule has 8 nitrogen and oxygen atoms in total. The number of rotatable bonds is 6. The van der Waals surface area contributed by atoms with Crippen LogP contribution in [0.4, 0.5) is 5.69 Å². The first-order chi connectivity index (χ1) is 12.0. The van der Waals surface area contributed by atoms with Gasteiger partial charge >= 0.3 is 5.97 Å². The summed E-state index contributed by atoms with van der Waals surface area (Å²) in [4.78, 5) is 34.9. The number of ether oxygens (including phenoxy) is 1. The molecule has 0 aliphatic rings. The zero-order valence-corrected chi connectivity index (χ0v) is 13.5. The van der Waals surface area contributed by atoms with E-state index in [1.54, 1.807) is 0 Å². The molecule has 0 unspecified atom stereocenters. The third-order valence-corrected chi connectivity index (χ3v) is 3.11. The predicted octanol–water partition coefficient (Wildman–Crippen LogP) is 1.72. The van der Waals surface area contributed by atoms with Crippen molar-refractivity contribution in [3.8, 4) is 6.07 Å². The molecule has 2 aromatic rings. The number of carbonyl (C=O) groups excluding carboxylic acids is 3. The highest BCUT2D eigenvalue weighted by Crippen LogP contribution is 2.20. The van der Waals surface area contributed by atoms with Gasteiger partial charge in [0, 0.05) is 5.02 Å². The van der Waals surface area contributed by atoms with E-state index in [9.17, 15) is 14.4 Å². The molecule has 0 bridgehead atoms. The molecule has 128 valence electrons. The fourth-order valence-electron chi connectivity index (χ4n) is 1.75. The summed E-state index contributed by atoms with van der Waals surface area (Å²) >= 11 is 5.80. The van der Waals surface area contributed by atoms with Gasteiger partial charge in [0.1, 0.15) is 12.6 Å². The molecule has 0 radical (unpaired) electrons. The summed E-state index contributed by atoms with van der Waals surface area (Å²) in [6.45, 7) is -1.000. The maximum Gasteiger partial charge on any atom is 0.325 e.